The summed E-state index contributed by atoms with van der Waals surface area (Å²) >= 11 is 0. The Morgan fingerprint density at radius 3 is 2.28 bits per heavy atom. The van der Waals surface area contributed by atoms with Crippen molar-refractivity contribution in [1.82, 2.24) is 4.98 Å². The number of pyridine rings is 1. The Morgan fingerprint density at radius 2 is 1.69 bits per heavy atom. The van der Waals surface area contributed by atoms with Crippen molar-refractivity contribution >= 4 is 29.2 Å². The third-order valence-electron chi connectivity index (χ3n) is 3.45. The van der Waals surface area contributed by atoms with E-state index >= 15 is 0 Å². The zero-order valence-electron chi connectivity index (χ0n) is 14.4. The maximum absolute atomic E-state index is 11.7. The summed E-state index contributed by atoms with van der Waals surface area (Å²) in [4.78, 5) is 39.2. The van der Waals surface area contributed by atoms with Gasteiger partial charge in [-0.05, 0) is 12.1 Å². The number of ether oxygens (including phenoxy) is 1. The van der Waals surface area contributed by atoms with Crippen molar-refractivity contribution in [3.63, 3.8) is 0 Å². The van der Waals surface area contributed by atoms with Crippen LogP contribution in [0.2, 0.25) is 0 Å². The Kier molecular flexibility index (Phi) is 8.10. The molecule has 0 aromatic carbocycles. The summed E-state index contributed by atoms with van der Waals surface area (Å²) in [7, 11) is -16.5. The number of aromatic nitrogens is 1. The van der Waals surface area contributed by atoms with E-state index in [0.717, 1.165) is 0 Å². The SMILES string of the molecule is O=P(O)(O)OP(=O)(O)OP(=O)(O)OC[C@H]1OC(CNc2cccnc2)[C@H](O)[C@@H]1O. The van der Waals surface area contributed by atoms with Crippen LogP contribution in [-0.4, -0.2) is 72.3 Å². The van der Waals surface area contributed by atoms with Crippen molar-refractivity contribution in [2.45, 2.75) is 24.4 Å². The molecule has 3 unspecified atom stereocenters. The highest BCUT2D eigenvalue weighted by Crippen LogP contribution is 2.66. The number of rotatable bonds is 10. The van der Waals surface area contributed by atoms with Crippen LogP contribution in [0.3, 0.4) is 0 Å². The second kappa shape index (κ2) is 9.58. The van der Waals surface area contributed by atoms with Crippen LogP contribution >= 0.6 is 23.5 Å². The Balaban J connectivity index is 1.88. The second-order valence-electron chi connectivity index (χ2n) is 5.70. The zero-order chi connectivity index (χ0) is 21.9. The van der Waals surface area contributed by atoms with E-state index in [1.54, 1.807) is 18.3 Å². The predicted octanol–water partition coefficient (Wildman–Crippen LogP) is -0.674. The molecular weight excluding hydrogens is 461 g/mol. The molecule has 7 N–H and O–H groups in total. The van der Waals surface area contributed by atoms with Crippen LogP contribution in [0.25, 0.3) is 0 Å². The van der Waals surface area contributed by atoms with Crippen molar-refractivity contribution in [3.05, 3.63) is 24.5 Å². The fourth-order valence-electron chi connectivity index (χ4n) is 2.29. The first-order valence-electron chi connectivity index (χ1n) is 7.72. The Labute approximate surface area is 163 Å². The number of phosphoric ester groups is 1. The highest BCUT2D eigenvalue weighted by Gasteiger charge is 2.45. The van der Waals surface area contributed by atoms with Gasteiger partial charge in [-0.15, -0.1) is 0 Å². The number of nitrogens with one attached hydrogen (secondary N) is 1. The van der Waals surface area contributed by atoms with Crippen LogP contribution in [-0.2, 0) is 31.6 Å². The number of aliphatic hydroxyl groups excluding tert-OH is 2. The van der Waals surface area contributed by atoms with E-state index in [0.29, 0.717) is 5.69 Å². The van der Waals surface area contributed by atoms with Crippen molar-refractivity contribution < 1.29 is 61.4 Å². The molecule has 2 rings (SSSR count). The van der Waals surface area contributed by atoms with Crippen LogP contribution in [0.5, 0.6) is 0 Å². The lowest BCUT2D eigenvalue weighted by molar-refractivity contribution is -0.0180. The Hall–Kier alpha value is -0.760. The van der Waals surface area contributed by atoms with Gasteiger partial charge >= 0.3 is 23.5 Å². The molecule has 18 heteroatoms. The standard InChI is InChI=1S/C11H19N2O13P3/c14-10-8(5-13-7-2-1-3-12-4-7)24-9(11(10)15)6-23-28(19,20)26-29(21,22)25-27(16,17)18/h1-4,8-11,13-15H,5-6H2,(H,19,20)(H,21,22)(H2,16,17,18)/t8?,9-,10+,11-/m1/s1. The number of anilines is 1. The van der Waals surface area contributed by atoms with Crippen LogP contribution in [0.4, 0.5) is 5.69 Å². The van der Waals surface area contributed by atoms with E-state index in [4.69, 9.17) is 19.4 Å². The van der Waals surface area contributed by atoms with Gasteiger partial charge < -0.3 is 39.8 Å². The second-order valence-corrected chi connectivity index (χ2v) is 10.1. The smallest absolute Gasteiger partial charge is 0.388 e. The van der Waals surface area contributed by atoms with Gasteiger partial charge in [-0.25, -0.2) is 13.7 Å². The molecule has 0 saturated carbocycles. The summed E-state index contributed by atoms with van der Waals surface area (Å²) in [5.74, 6) is 0. The van der Waals surface area contributed by atoms with E-state index in [2.05, 4.69) is 23.4 Å². The van der Waals surface area contributed by atoms with Crippen molar-refractivity contribution in [1.29, 1.82) is 0 Å². The van der Waals surface area contributed by atoms with Crippen molar-refractivity contribution in [3.8, 4) is 0 Å². The molecule has 1 fully saturated rings. The molecule has 1 aliphatic rings. The fraction of sp³-hybridized carbons (Fsp3) is 0.545. The molecule has 166 valence electrons. The number of phosphoric acid groups is 3. The van der Waals surface area contributed by atoms with Gasteiger partial charge in [0.2, 0.25) is 0 Å². The highest BCUT2D eigenvalue weighted by molar-refractivity contribution is 7.66. The lowest BCUT2D eigenvalue weighted by atomic mass is 10.1. The molecule has 1 saturated heterocycles. The summed E-state index contributed by atoms with van der Waals surface area (Å²) in [6, 6.07) is 3.35. The zero-order valence-corrected chi connectivity index (χ0v) is 17.0. The van der Waals surface area contributed by atoms with E-state index in [1.165, 1.54) is 6.20 Å². The minimum atomic E-state index is -5.65. The van der Waals surface area contributed by atoms with Crippen LogP contribution in [0, 0.1) is 0 Å². The van der Waals surface area contributed by atoms with Crippen LogP contribution in [0.1, 0.15) is 0 Å². The lowest BCUT2D eigenvalue weighted by Crippen LogP contribution is -2.36. The molecule has 0 aliphatic carbocycles. The third kappa shape index (κ3) is 8.12. The number of nitrogens with zero attached hydrogens (tertiary/aromatic N) is 1. The molecular formula is C11H19N2O13P3. The number of hydrogen-bond donors (Lipinski definition) is 7. The number of hydrogen-bond acceptors (Lipinski definition) is 11. The first-order valence-corrected chi connectivity index (χ1v) is 12.2. The molecule has 0 amide bonds. The molecule has 6 atom stereocenters. The van der Waals surface area contributed by atoms with Gasteiger partial charge in [-0.3, -0.25) is 9.51 Å². The first kappa shape index (κ1) is 24.5. The van der Waals surface area contributed by atoms with Gasteiger partial charge in [0.25, 0.3) is 0 Å². The van der Waals surface area contributed by atoms with Crippen molar-refractivity contribution in [2.75, 3.05) is 18.5 Å². The molecule has 1 aromatic rings. The van der Waals surface area contributed by atoms with E-state index < -0.39 is 54.5 Å². The molecule has 15 nitrogen and oxygen atoms in total. The van der Waals surface area contributed by atoms with Gasteiger partial charge in [-0.2, -0.15) is 8.62 Å². The van der Waals surface area contributed by atoms with Crippen molar-refractivity contribution in [2.24, 2.45) is 0 Å². The van der Waals surface area contributed by atoms with E-state index in [9.17, 15) is 28.8 Å². The van der Waals surface area contributed by atoms with Gasteiger partial charge in [0.05, 0.1) is 12.3 Å². The van der Waals surface area contributed by atoms with Gasteiger partial charge in [0.15, 0.2) is 0 Å². The maximum Gasteiger partial charge on any atom is 0.490 e. The molecule has 0 bridgehead atoms. The summed E-state index contributed by atoms with van der Waals surface area (Å²) in [5.41, 5.74) is 0.606. The summed E-state index contributed by atoms with van der Waals surface area (Å²) in [6.45, 7) is -0.832. The lowest BCUT2D eigenvalue weighted by Gasteiger charge is -2.19. The third-order valence-corrected chi connectivity index (χ3v) is 7.25. The summed E-state index contributed by atoms with van der Waals surface area (Å²) < 4.78 is 50.3. The Bertz CT molecular complexity index is 819. The molecule has 1 aliphatic heterocycles. The van der Waals surface area contributed by atoms with Gasteiger partial charge in [0.1, 0.15) is 24.4 Å². The quantitative estimate of drug-likeness (QED) is 0.206. The Morgan fingerprint density at radius 1 is 1.03 bits per heavy atom. The fourth-order valence-corrected chi connectivity index (χ4v) is 5.32. The minimum absolute atomic E-state index is 0.0374. The highest BCUT2D eigenvalue weighted by atomic mass is 31.3. The summed E-state index contributed by atoms with van der Waals surface area (Å²) in [5, 5.41) is 22.9. The maximum atomic E-state index is 11.7. The predicted molar refractivity (Wildman–Crippen MR) is 93.2 cm³/mol. The normalized spacial score (nSPS) is 29.2. The minimum Gasteiger partial charge on any atom is -0.388 e. The largest absolute Gasteiger partial charge is 0.490 e. The van der Waals surface area contributed by atoms with Gasteiger partial charge in [-0.1, -0.05) is 0 Å². The monoisotopic (exact) mass is 480 g/mol. The van der Waals surface area contributed by atoms with E-state index in [1.807, 2.05) is 0 Å². The molecule has 0 spiro atoms. The number of aliphatic hydroxyl groups is 2. The van der Waals surface area contributed by atoms with E-state index in [-0.39, 0.29) is 6.54 Å². The van der Waals surface area contributed by atoms with Crippen LogP contribution < -0.4 is 5.32 Å². The average Bonchev–Trinajstić information content (AvgIpc) is 2.84. The van der Waals surface area contributed by atoms with Crippen LogP contribution in [0.15, 0.2) is 24.5 Å². The molecule has 0 radical (unpaired) electrons. The topological polar surface area (TPSA) is 234 Å². The summed E-state index contributed by atoms with van der Waals surface area (Å²) in [6.07, 6.45) is -2.15. The molecule has 1 aromatic heterocycles. The van der Waals surface area contributed by atoms with Gasteiger partial charge in [0, 0.05) is 18.9 Å². The molecule has 2 heterocycles. The molecule has 29 heavy (non-hydrogen) atoms. The average molecular weight is 480 g/mol. The first-order chi connectivity index (χ1) is 13.3.